The molecule has 2 N–H and O–H groups in total. The molecule has 1 aliphatic heterocycles. The lowest BCUT2D eigenvalue weighted by molar-refractivity contribution is -0.118. The summed E-state index contributed by atoms with van der Waals surface area (Å²) in [7, 11) is 0. The Bertz CT molecular complexity index is 417. The van der Waals surface area contributed by atoms with Crippen molar-refractivity contribution in [2.45, 2.75) is 57.9 Å². The molecule has 1 amide bonds. The van der Waals surface area contributed by atoms with E-state index in [1.807, 2.05) is 26.0 Å². The molecule has 1 heterocycles. The SMILES string of the molecule is CC.O=C(Nc1ccc(C2CC2)cc1)[C@H]1CCCCN1. The molecule has 1 saturated heterocycles. The smallest absolute Gasteiger partial charge is 0.241 e. The zero-order chi connectivity index (χ0) is 14.4. The predicted octanol–water partition coefficient (Wildman–Crippen LogP) is 3.67. The van der Waals surface area contributed by atoms with Crippen LogP contribution in [0.5, 0.6) is 0 Å². The molecule has 0 aromatic heterocycles. The van der Waals surface area contributed by atoms with E-state index in [0.717, 1.165) is 31.0 Å². The van der Waals surface area contributed by atoms with Crippen molar-refractivity contribution in [3.05, 3.63) is 29.8 Å². The van der Waals surface area contributed by atoms with Crippen LogP contribution in [0.1, 0.15) is 57.4 Å². The third kappa shape index (κ3) is 4.07. The van der Waals surface area contributed by atoms with Crippen molar-refractivity contribution in [2.24, 2.45) is 0 Å². The van der Waals surface area contributed by atoms with Crippen LogP contribution in [0.15, 0.2) is 24.3 Å². The molecule has 0 radical (unpaired) electrons. The Balaban J connectivity index is 0.000000704. The maximum Gasteiger partial charge on any atom is 0.241 e. The van der Waals surface area contributed by atoms with E-state index in [2.05, 4.69) is 22.8 Å². The van der Waals surface area contributed by atoms with Gasteiger partial charge in [0, 0.05) is 5.69 Å². The summed E-state index contributed by atoms with van der Waals surface area (Å²) in [5.74, 6) is 0.878. The summed E-state index contributed by atoms with van der Waals surface area (Å²) in [6.07, 6.45) is 5.91. The second-order valence-corrected chi connectivity index (χ2v) is 5.39. The monoisotopic (exact) mass is 274 g/mol. The van der Waals surface area contributed by atoms with E-state index in [-0.39, 0.29) is 11.9 Å². The minimum absolute atomic E-state index is 0.0122. The maximum absolute atomic E-state index is 12.0. The lowest BCUT2D eigenvalue weighted by Crippen LogP contribution is -2.43. The summed E-state index contributed by atoms with van der Waals surface area (Å²) in [5.41, 5.74) is 2.32. The van der Waals surface area contributed by atoms with Crippen LogP contribution in [-0.4, -0.2) is 18.5 Å². The number of anilines is 1. The Morgan fingerprint density at radius 2 is 1.80 bits per heavy atom. The van der Waals surface area contributed by atoms with Gasteiger partial charge in [-0.3, -0.25) is 4.79 Å². The summed E-state index contributed by atoms with van der Waals surface area (Å²) < 4.78 is 0. The molecular formula is C17H26N2O. The minimum atomic E-state index is -0.0122. The van der Waals surface area contributed by atoms with Gasteiger partial charge in [0.25, 0.3) is 0 Å². The molecular weight excluding hydrogens is 248 g/mol. The summed E-state index contributed by atoms with van der Waals surface area (Å²) in [4.78, 5) is 12.0. The predicted molar refractivity (Wildman–Crippen MR) is 84.0 cm³/mol. The molecule has 0 spiro atoms. The molecule has 1 saturated carbocycles. The lowest BCUT2D eigenvalue weighted by atomic mass is 10.0. The van der Waals surface area contributed by atoms with Gasteiger partial charge in [-0.25, -0.2) is 0 Å². The minimum Gasteiger partial charge on any atom is -0.325 e. The van der Waals surface area contributed by atoms with Gasteiger partial charge in [-0.1, -0.05) is 32.4 Å². The molecule has 0 bridgehead atoms. The topological polar surface area (TPSA) is 41.1 Å². The van der Waals surface area contributed by atoms with Crippen molar-refractivity contribution in [1.29, 1.82) is 0 Å². The van der Waals surface area contributed by atoms with E-state index in [1.165, 1.54) is 24.8 Å². The highest BCUT2D eigenvalue weighted by molar-refractivity contribution is 5.94. The number of hydrogen-bond donors (Lipinski definition) is 2. The van der Waals surface area contributed by atoms with E-state index >= 15 is 0 Å². The zero-order valence-corrected chi connectivity index (χ0v) is 12.6. The lowest BCUT2D eigenvalue weighted by Gasteiger charge is -2.22. The summed E-state index contributed by atoms with van der Waals surface area (Å²) in [6.45, 7) is 4.96. The molecule has 1 aromatic carbocycles. The number of amides is 1. The van der Waals surface area contributed by atoms with E-state index in [0.29, 0.717) is 0 Å². The molecule has 1 aliphatic carbocycles. The van der Waals surface area contributed by atoms with Crippen LogP contribution in [0.25, 0.3) is 0 Å². The average molecular weight is 274 g/mol. The first-order chi connectivity index (χ1) is 9.83. The fourth-order valence-electron chi connectivity index (χ4n) is 2.56. The third-order valence-corrected chi connectivity index (χ3v) is 3.85. The van der Waals surface area contributed by atoms with E-state index in [4.69, 9.17) is 0 Å². The Hall–Kier alpha value is -1.35. The Morgan fingerprint density at radius 3 is 2.35 bits per heavy atom. The summed E-state index contributed by atoms with van der Waals surface area (Å²) in [6, 6.07) is 8.31. The van der Waals surface area contributed by atoms with Crippen molar-refractivity contribution >= 4 is 11.6 Å². The fourth-order valence-corrected chi connectivity index (χ4v) is 2.56. The van der Waals surface area contributed by atoms with Crippen molar-refractivity contribution in [3.8, 4) is 0 Å². The first kappa shape index (κ1) is 15.0. The van der Waals surface area contributed by atoms with Crippen LogP contribution in [0.2, 0.25) is 0 Å². The Labute approximate surface area is 122 Å². The molecule has 2 fully saturated rings. The third-order valence-electron chi connectivity index (χ3n) is 3.85. The van der Waals surface area contributed by atoms with Gasteiger partial charge in [0.15, 0.2) is 0 Å². The van der Waals surface area contributed by atoms with Crippen molar-refractivity contribution < 1.29 is 4.79 Å². The number of hydrogen-bond acceptors (Lipinski definition) is 2. The van der Waals surface area contributed by atoms with Gasteiger partial charge in [-0.05, 0) is 55.8 Å². The standard InChI is InChI=1S/C15H20N2O.C2H6/c18-15(14-3-1-2-10-16-14)17-13-8-6-12(7-9-13)11-4-5-11;1-2/h6-9,11,14,16H,1-5,10H2,(H,17,18);1-2H3/t14-;/m1./s1. The molecule has 3 heteroatoms. The van der Waals surface area contributed by atoms with Crippen molar-refractivity contribution in [1.82, 2.24) is 5.32 Å². The number of nitrogens with one attached hydrogen (secondary N) is 2. The van der Waals surface area contributed by atoms with Gasteiger partial charge >= 0.3 is 0 Å². The zero-order valence-electron chi connectivity index (χ0n) is 12.6. The largest absolute Gasteiger partial charge is 0.325 e. The van der Waals surface area contributed by atoms with Gasteiger partial charge in [0.2, 0.25) is 5.91 Å². The molecule has 20 heavy (non-hydrogen) atoms. The second-order valence-electron chi connectivity index (χ2n) is 5.39. The van der Waals surface area contributed by atoms with Crippen LogP contribution in [0.3, 0.4) is 0 Å². The number of carbonyl (C=O) groups excluding carboxylic acids is 1. The normalized spacial score (nSPS) is 21.6. The van der Waals surface area contributed by atoms with Crippen LogP contribution in [-0.2, 0) is 4.79 Å². The van der Waals surface area contributed by atoms with Crippen LogP contribution in [0, 0.1) is 0 Å². The van der Waals surface area contributed by atoms with Crippen LogP contribution < -0.4 is 10.6 Å². The van der Waals surface area contributed by atoms with Gasteiger partial charge in [-0.2, -0.15) is 0 Å². The number of piperidine rings is 1. The van der Waals surface area contributed by atoms with Crippen molar-refractivity contribution in [3.63, 3.8) is 0 Å². The fraction of sp³-hybridized carbons (Fsp3) is 0.588. The Kier molecular flexibility index (Phi) is 5.60. The molecule has 1 atom stereocenters. The van der Waals surface area contributed by atoms with Gasteiger partial charge < -0.3 is 10.6 Å². The number of carbonyl (C=O) groups is 1. The van der Waals surface area contributed by atoms with Crippen LogP contribution >= 0.6 is 0 Å². The highest BCUT2D eigenvalue weighted by Gasteiger charge is 2.23. The first-order valence-corrected chi connectivity index (χ1v) is 7.97. The van der Waals surface area contributed by atoms with E-state index in [9.17, 15) is 4.79 Å². The highest BCUT2D eigenvalue weighted by Crippen LogP contribution is 2.40. The van der Waals surface area contributed by atoms with Crippen LogP contribution in [0.4, 0.5) is 5.69 Å². The van der Waals surface area contributed by atoms with Gasteiger partial charge in [0.05, 0.1) is 6.04 Å². The maximum atomic E-state index is 12.0. The second kappa shape index (κ2) is 7.44. The molecule has 2 aliphatic rings. The summed E-state index contributed by atoms with van der Waals surface area (Å²) >= 11 is 0. The molecule has 0 unspecified atom stereocenters. The average Bonchev–Trinajstić information content (AvgIpc) is 3.36. The summed E-state index contributed by atoms with van der Waals surface area (Å²) in [5, 5.41) is 6.26. The molecule has 3 rings (SSSR count). The highest BCUT2D eigenvalue weighted by atomic mass is 16.2. The van der Waals surface area contributed by atoms with E-state index < -0.39 is 0 Å². The molecule has 110 valence electrons. The van der Waals surface area contributed by atoms with Gasteiger partial charge in [0.1, 0.15) is 0 Å². The Morgan fingerprint density at radius 1 is 1.10 bits per heavy atom. The molecule has 3 nitrogen and oxygen atoms in total. The van der Waals surface area contributed by atoms with Crippen molar-refractivity contribution in [2.75, 3.05) is 11.9 Å². The molecule has 1 aromatic rings. The van der Waals surface area contributed by atoms with E-state index in [1.54, 1.807) is 0 Å². The quantitative estimate of drug-likeness (QED) is 0.883. The number of rotatable bonds is 3. The first-order valence-electron chi connectivity index (χ1n) is 7.97. The number of benzene rings is 1. The van der Waals surface area contributed by atoms with Gasteiger partial charge in [-0.15, -0.1) is 0 Å².